The number of anilines is 1. The predicted octanol–water partition coefficient (Wildman–Crippen LogP) is 1.55. The standard InChI is InChI=1S/C17H22N4O3S/c1-12-7-20(8-13(2)24-12)9-14-11-25-17(18-14)19-15(22)10-21-6-4-3-5-16(21)23/h3-6,11-13H,7-10H2,1-2H3,(H,18,19,22). The lowest BCUT2D eigenvalue weighted by atomic mass is 10.2. The molecule has 2 atom stereocenters. The van der Waals surface area contributed by atoms with E-state index in [1.807, 2.05) is 5.38 Å². The van der Waals surface area contributed by atoms with Gasteiger partial charge in [0.2, 0.25) is 5.91 Å². The molecule has 0 spiro atoms. The summed E-state index contributed by atoms with van der Waals surface area (Å²) in [6.45, 7) is 6.61. The average Bonchev–Trinajstić information content (AvgIpc) is 2.95. The largest absolute Gasteiger partial charge is 0.373 e. The molecule has 2 unspecified atom stereocenters. The molecule has 2 aromatic rings. The van der Waals surface area contributed by atoms with E-state index in [-0.39, 0.29) is 30.2 Å². The van der Waals surface area contributed by atoms with Crippen molar-refractivity contribution < 1.29 is 9.53 Å². The van der Waals surface area contributed by atoms with Crippen LogP contribution in [0, 0.1) is 0 Å². The number of morpholine rings is 1. The number of nitrogens with one attached hydrogen (secondary N) is 1. The first-order valence-electron chi connectivity index (χ1n) is 8.27. The second kappa shape index (κ2) is 7.90. The number of nitrogens with zero attached hydrogens (tertiary/aromatic N) is 3. The van der Waals surface area contributed by atoms with Crippen LogP contribution in [0.2, 0.25) is 0 Å². The number of amides is 1. The minimum atomic E-state index is -0.261. The fourth-order valence-electron chi connectivity index (χ4n) is 2.98. The van der Waals surface area contributed by atoms with Crippen LogP contribution < -0.4 is 10.9 Å². The Labute approximate surface area is 150 Å². The Bertz CT molecular complexity index is 778. The number of rotatable bonds is 5. The predicted molar refractivity (Wildman–Crippen MR) is 96.7 cm³/mol. The number of aromatic nitrogens is 2. The number of thiazole rings is 1. The minimum absolute atomic E-state index is 0.0208. The Morgan fingerprint density at radius 3 is 2.84 bits per heavy atom. The Morgan fingerprint density at radius 1 is 1.36 bits per heavy atom. The second-order valence-electron chi connectivity index (χ2n) is 6.31. The van der Waals surface area contributed by atoms with Gasteiger partial charge < -0.3 is 14.6 Å². The third-order valence-electron chi connectivity index (χ3n) is 3.89. The summed E-state index contributed by atoms with van der Waals surface area (Å²) in [5.41, 5.74) is 0.728. The molecule has 0 aliphatic carbocycles. The zero-order valence-corrected chi connectivity index (χ0v) is 15.2. The van der Waals surface area contributed by atoms with Gasteiger partial charge in [-0.25, -0.2) is 4.98 Å². The van der Waals surface area contributed by atoms with Gasteiger partial charge in [0.05, 0.1) is 17.9 Å². The molecule has 0 radical (unpaired) electrons. The lowest BCUT2D eigenvalue weighted by Gasteiger charge is -2.34. The highest BCUT2D eigenvalue weighted by atomic mass is 32.1. The maximum absolute atomic E-state index is 12.1. The van der Waals surface area contributed by atoms with Crippen molar-refractivity contribution in [3.63, 3.8) is 0 Å². The summed E-state index contributed by atoms with van der Waals surface area (Å²) in [6.07, 6.45) is 2.02. The normalized spacial score (nSPS) is 21.2. The molecule has 3 heterocycles. The van der Waals surface area contributed by atoms with E-state index in [0.29, 0.717) is 5.13 Å². The lowest BCUT2D eigenvalue weighted by Crippen LogP contribution is -2.44. The Hall–Kier alpha value is -2.03. The van der Waals surface area contributed by atoms with E-state index in [1.54, 1.807) is 18.3 Å². The smallest absolute Gasteiger partial charge is 0.250 e. The van der Waals surface area contributed by atoms with Crippen LogP contribution in [-0.2, 0) is 22.6 Å². The van der Waals surface area contributed by atoms with E-state index in [9.17, 15) is 9.59 Å². The molecule has 0 saturated carbocycles. The van der Waals surface area contributed by atoms with Crippen LogP contribution >= 0.6 is 11.3 Å². The van der Waals surface area contributed by atoms with E-state index < -0.39 is 0 Å². The molecule has 25 heavy (non-hydrogen) atoms. The van der Waals surface area contributed by atoms with Crippen LogP contribution in [0.1, 0.15) is 19.5 Å². The summed E-state index contributed by atoms with van der Waals surface area (Å²) in [7, 11) is 0. The minimum Gasteiger partial charge on any atom is -0.373 e. The van der Waals surface area contributed by atoms with Gasteiger partial charge in [-0.2, -0.15) is 0 Å². The van der Waals surface area contributed by atoms with Crippen LogP contribution in [0.5, 0.6) is 0 Å². The van der Waals surface area contributed by atoms with E-state index in [2.05, 4.69) is 29.0 Å². The van der Waals surface area contributed by atoms with Crippen molar-refractivity contribution in [1.29, 1.82) is 0 Å². The molecule has 134 valence electrons. The van der Waals surface area contributed by atoms with E-state index in [4.69, 9.17) is 4.74 Å². The monoisotopic (exact) mass is 362 g/mol. The molecular formula is C17H22N4O3S. The zero-order valence-electron chi connectivity index (χ0n) is 14.3. The molecule has 1 amide bonds. The van der Waals surface area contributed by atoms with Gasteiger partial charge in [0.1, 0.15) is 6.54 Å². The molecule has 1 aliphatic rings. The summed E-state index contributed by atoms with van der Waals surface area (Å²) in [6, 6.07) is 4.80. The van der Waals surface area contributed by atoms with Crippen molar-refractivity contribution in [3.8, 4) is 0 Å². The first-order valence-corrected chi connectivity index (χ1v) is 9.15. The highest BCUT2D eigenvalue weighted by molar-refractivity contribution is 7.13. The molecule has 1 aliphatic heterocycles. The van der Waals surface area contributed by atoms with Gasteiger partial charge in [-0.05, 0) is 19.9 Å². The van der Waals surface area contributed by atoms with Crippen molar-refractivity contribution in [2.24, 2.45) is 0 Å². The van der Waals surface area contributed by atoms with Gasteiger partial charge in [-0.1, -0.05) is 6.07 Å². The SMILES string of the molecule is CC1CN(Cc2csc(NC(=O)Cn3ccccc3=O)n2)CC(C)O1. The first-order chi connectivity index (χ1) is 12.0. The highest BCUT2D eigenvalue weighted by Crippen LogP contribution is 2.19. The molecule has 8 heteroatoms. The summed E-state index contributed by atoms with van der Waals surface area (Å²) >= 11 is 1.39. The maximum atomic E-state index is 12.1. The van der Waals surface area contributed by atoms with Crippen LogP contribution in [0.4, 0.5) is 5.13 Å². The molecule has 2 aromatic heterocycles. The molecule has 0 aromatic carbocycles. The Kier molecular flexibility index (Phi) is 5.62. The van der Waals surface area contributed by atoms with Gasteiger partial charge >= 0.3 is 0 Å². The molecule has 1 fully saturated rings. The zero-order chi connectivity index (χ0) is 17.8. The Morgan fingerprint density at radius 2 is 2.12 bits per heavy atom. The summed E-state index contributed by atoms with van der Waals surface area (Å²) in [4.78, 5) is 30.5. The number of hydrogen-bond donors (Lipinski definition) is 1. The van der Waals surface area contributed by atoms with Crippen LogP contribution in [0.25, 0.3) is 0 Å². The van der Waals surface area contributed by atoms with Crippen LogP contribution in [0.3, 0.4) is 0 Å². The average molecular weight is 362 g/mol. The first kappa shape index (κ1) is 17.8. The maximum Gasteiger partial charge on any atom is 0.250 e. The van der Waals surface area contributed by atoms with Gasteiger partial charge in [0.15, 0.2) is 5.13 Å². The van der Waals surface area contributed by atoms with Crippen molar-refractivity contribution in [1.82, 2.24) is 14.5 Å². The fraction of sp³-hybridized carbons (Fsp3) is 0.471. The molecule has 0 bridgehead atoms. The van der Waals surface area contributed by atoms with Crippen molar-refractivity contribution >= 4 is 22.4 Å². The highest BCUT2D eigenvalue weighted by Gasteiger charge is 2.22. The lowest BCUT2D eigenvalue weighted by molar-refractivity contribution is -0.116. The van der Waals surface area contributed by atoms with Gasteiger partial charge in [-0.15, -0.1) is 11.3 Å². The number of carbonyl (C=O) groups excluding carboxylic acids is 1. The molecule has 7 nitrogen and oxygen atoms in total. The number of hydrogen-bond acceptors (Lipinski definition) is 6. The van der Waals surface area contributed by atoms with E-state index in [1.165, 1.54) is 22.0 Å². The third kappa shape index (κ3) is 4.97. The summed E-state index contributed by atoms with van der Waals surface area (Å²) < 4.78 is 7.10. The third-order valence-corrected chi connectivity index (χ3v) is 4.70. The van der Waals surface area contributed by atoms with Gasteiger partial charge in [0, 0.05) is 37.3 Å². The molecule has 1 N–H and O–H groups in total. The fourth-order valence-corrected chi connectivity index (χ4v) is 3.70. The van der Waals surface area contributed by atoms with Crippen molar-refractivity contribution in [2.45, 2.75) is 39.1 Å². The van der Waals surface area contributed by atoms with Crippen molar-refractivity contribution in [3.05, 3.63) is 45.8 Å². The van der Waals surface area contributed by atoms with Gasteiger partial charge in [0.25, 0.3) is 5.56 Å². The van der Waals surface area contributed by atoms with Crippen LogP contribution in [-0.4, -0.2) is 45.7 Å². The molecular weight excluding hydrogens is 340 g/mol. The number of pyridine rings is 1. The second-order valence-corrected chi connectivity index (χ2v) is 7.17. The van der Waals surface area contributed by atoms with E-state index in [0.717, 1.165) is 25.3 Å². The number of ether oxygens (including phenoxy) is 1. The molecule has 3 rings (SSSR count). The number of carbonyl (C=O) groups is 1. The Balaban J connectivity index is 1.55. The molecule has 1 saturated heterocycles. The van der Waals surface area contributed by atoms with E-state index >= 15 is 0 Å². The van der Waals surface area contributed by atoms with Crippen LogP contribution in [0.15, 0.2) is 34.6 Å². The topological polar surface area (TPSA) is 76.5 Å². The van der Waals surface area contributed by atoms with Crippen molar-refractivity contribution in [2.75, 3.05) is 18.4 Å². The quantitative estimate of drug-likeness (QED) is 0.873. The summed E-state index contributed by atoms with van der Waals surface area (Å²) in [5, 5.41) is 5.27. The summed E-state index contributed by atoms with van der Waals surface area (Å²) in [5.74, 6) is -0.261. The van der Waals surface area contributed by atoms with Gasteiger partial charge in [-0.3, -0.25) is 14.5 Å².